The fraction of sp³-hybridized carbons (Fsp3) is 0.600. The zero-order chi connectivity index (χ0) is 13.1. The number of benzene rings is 1. The summed E-state index contributed by atoms with van der Waals surface area (Å²) in [5, 5.41) is 0. The van der Waals surface area contributed by atoms with Gasteiger partial charge in [0.2, 0.25) is 0 Å². The van der Waals surface area contributed by atoms with E-state index in [2.05, 4.69) is 39.8 Å². The van der Waals surface area contributed by atoms with Crippen molar-refractivity contribution in [3.05, 3.63) is 29.8 Å². The van der Waals surface area contributed by atoms with Crippen LogP contribution in [-0.4, -0.2) is 12.1 Å². The average Bonchev–Trinajstić information content (AvgIpc) is 2.24. The molecule has 1 aromatic rings. The summed E-state index contributed by atoms with van der Waals surface area (Å²) in [6.07, 6.45) is 1.07. The molecular formula is C15H25NO. The summed E-state index contributed by atoms with van der Waals surface area (Å²) in [5.41, 5.74) is 7.37. The van der Waals surface area contributed by atoms with E-state index in [1.807, 2.05) is 19.1 Å². The van der Waals surface area contributed by atoms with Crippen molar-refractivity contribution in [2.75, 3.05) is 0 Å². The lowest BCUT2D eigenvalue weighted by molar-refractivity contribution is 0.0684. The Balaban J connectivity index is 2.79. The lowest BCUT2D eigenvalue weighted by Crippen LogP contribution is -2.45. The van der Waals surface area contributed by atoms with Crippen LogP contribution in [-0.2, 0) is 6.42 Å². The predicted molar refractivity (Wildman–Crippen MR) is 73.3 cm³/mol. The number of hydrogen-bond acceptors (Lipinski definition) is 2. The molecule has 17 heavy (non-hydrogen) atoms. The highest BCUT2D eigenvalue weighted by atomic mass is 16.5. The molecule has 2 atom stereocenters. The summed E-state index contributed by atoms with van der Waals surface area (Å²) < 4.78 is 6.01. The number of ether oxygens (including phenoxy) is 1. The summed E-state index contributed by atoms with van der Waals surface area (Å²) >= 11 is 0. The van der Waals surface area contributed by atoms with Gasteiger partial charge in [-0.3, -0.25) is 0 Å². The van der Waals surface area contributed by atoms with E-state index >= 15 is 0 Å². The zero-order valence-corrected chi connectivity index (χ0v) is 11.7. The molecule has 0 saturated carbocycles. The van der Waals surface area contributed by atoms with Crippen molar-refractivity contribution in [1.29, 1.82) is 0 Å². The predicted octanol–water partition coefficient (Wildman–Crippen LogP) is 3.39. The Morgan fingerprint density at radius 3 is 2.06 bits per heavy atom. The second-order valence-electron chi connectivity index (χ2n) is 5.76. The van der Waals surface area contributed by atoms with Crippen molar-refractivity contribution >= 4 is 0 Å². The first-order valence-corrected chi connectivity index (χ1v) is 6.35. The molecule has 0 aliphatic carbocycles. The van der Waals surface area contributed by atoms with E-state index < -0.39 is 0 Å². The largest absolute Gasteiger partial charge is 0.488 e. The van der Waals surface area contributed by atoms with E-state index in [0.29, 0.717) is 0 Å². The molecule has 0 aliphatic rings. The van der Waals surface area contributed by atoms with Crippen LogP contribution in [0.5, 0.6) is 5.75 Å². The van der Waals surface area contributed by atoms with Crippen molar-refractivity contribution in [1.82, 2.24) is 0 Å². The Morgan fingerprint density at radius 2 is 1.71 bits per heavy atom. The molecule has 2 heteroatoms. The van der Waals surface area contributed by atoms with Gasteiger partial charge < -0.3 is 10.5 Å². The van der Waals surface area contributed by atoms with Crippen LogP contribution < -0.4 is 10.5 Å². The number of nitrogens with two attached hydrogens (primary N) is 1. The molecule has 0 amide bonds. The third-order valence-electron chi connectivity index (χ3n) is 2.93. The first kappa shape index (κ1) is 14.0. The van der Waals surface area contributed by atoms with Gasteiger partial charge in [-0.05, 0) is 31.0 Å². The van der Waals surface area contributed by atoms with Crippen LogP contribution in [0.1, 0.15) is 40.2 Å². The lowest BCUT2D eigenvalue weighted by Gasteiger charge is -2.34. The Labute approximate surface area is 105 Å². The maximum absolute atomic E-state index is 6.01. The minimum Gasteiger partial charge on any atom is -0.488 e. The highest BCUT2D eigenvalue weighted by Crippen LogP contribution is 2.26. The molecule has 0 radical (unpaired) electrons. The third-order valence-corrected chi connectivity index (χ3v) is 2.93. The molecule has 0 aromatic heterocycles. The number of hydrogen-bond donors (Lipinski definition) is 1. The maximum Gasteiger partial charge on any atom is 0.119 e. The molecule has 0 heterocycles. The van der Waals surface area contributed by atoms with Gasteiger partial charge in [-0.25, -0.2) is 0 Å². The Kier molecular flexibility index (Phi) is 4.58. The molecule has 1 rings (SSSR count). The SMILES string of the molecule is CCc1ccc(OC(C(C)N)C(C)(C)C)cc1. The van der Waals surface area contributed by atoms with E-state index in [4.69, 9.17) is 10.5 Å². The van der Waals surface area contributed by atoms with Gasteiger partial charge in [0.25, 0.3) is 0 Å². The maximum atomic E-state index is 6.01. The van der Waals surface area contributed by atoms with Gasteiger partial charge in [-0.2, -0.15) is 0 Å². The van der Waals surface area contributed by atoms with Crippen LogP contribution >= 0.6 is 0 Å². The number of rotatable bonds is 4. The average molecular weight is 235 g/mol. The topological polar surface area (TPSA) is 35.2 Å². The summed E-state index contributed by atoms with van der Waals surface area (Å²) in [6, 6.07) is 8.28. The fourth-order valence-electron chi connectivity index (χ4n) is 2.02. The van der Waals surface area contributed by atoms with Gasteiger partial charge >= 0.3 is 0 Å². The van der Waals surface area contributed by atoms with Crippen LogP contribution in [0.4, 0.5) is 0 Å². The fourth-order valence-corrected chi connectivity index (χ4v) is 2.02. The lowest BCUT2D eigenvalue weighted by atomic mass is 9.85. The molecule has 0 bridgehead atoms. The van der Waals surface area contributed by atoms with E-state index in [1.54, 1.807) is 0 Å². The molecule has 2 unspecified atom stereocenters. The van der Waals surface area contributed by atoms with Gasteiger partial charge in [-0.1, -0.05) is 39.8 Å². The van der Waals surface area contributed by atoms with Crippen LogP contribution in [0.3, 0.4) is 0 Å². The Hall–Kier alpha value is -1.02. The molecule has 0 aliphatic heterocycles. The van der Waals surface area contributed by atoms with Crippen LogP contribution in [0.2, 0.25) is 0 Å². The van der Waals surface area contributed by atoms with Gasteiger partial charge in [0.15, 0.2) is 0 Å². The molecule has 0 fully saturated rings. The second-order valence-corrected chi connectivity index (χ2v) is 5.76. The summed E-state index contributed by atoms with van der Waals surface area (Å²) in [4.78, 5) is 0. The van der Waals surface area contributed by atoms with Crippen molar-refractivity contribution < 1.29 is 4.74 Å². The highest BCUT2D eigenvalue weighted by Gasteiger charge is 2.29. The van der Waals surface area contributed by atoms with E-state index in [1.165, 1.54) is 5.56 Å². The van der Waals surface area contributed by atoms with Gasteiger partial charge in [0.05, 0.1) is 0 Å². The summed E-state index contributed by atoms with van der Waals surface area (Å²) in [5.74, 6) is 0.902. The second kappa shape index (κ2) is 5.54. The van der Waals surface area contributed by atoms with Crippen molar-refractivity contribution in [3.8, 4) is 5.75 Å². The number of aryl methyl sites for hydroxylation is 1. The zero-order valence-electron chi connectivity index (χ0n) is 11.7. The molecule has 2 nitrogen and oxygen atoms in total. The molecule has 2 N–H and O–H groups in total. The highest BCUT2D eigenvalue weighted by molar-refractivity contribution is 5.27. The van der Waals surface area contributed by atoms with E-state index in [0.717, 1.165) is 12.2 Å². The van der Waals surface area contributed by atoms with Crippen LogP contribution in [0.25, 0.3) is 0 Å². The van der Waals surface area contributed by atoms with Crippen molar-refractivity contribution in [2.24, 2.45) is 11.1 Å². The molecule has 1 aromatic carbocycles. The van der Waals surface area contributed by atoms with E-state index in [9.17, 15) is 0 Å². The molecule has 0 spiro atoms. The quantitative estimate of drug-likeness (QED) is 0.868. The van der Waals surface area contributed by atoms with Gasteiger partial charge in [-0.15, -0.1) is 0 Å². The summed E-state index contributed by atoms with van der Waals surface area (Å²) in [6.45, 7) is 10.6. The normalized spacial score (nSPS) is 15.4. The Morgan fingerprint density at radius 1 is 1.18 bits per heavy atom. The smallest absolute Gasteiger partial charge is 0.119 e. The minimum absolute atomic E-state index is 0.0147. The van der Waals surface area contributed by atoms with E-state index in [-0.39, 0.29) is 17.6 Å². The monoisotopic (exact) mass is 235 g/mol. The molecule has 96 valence electrons. The third kappa shape index (κ3) is 4.04. The molecular weight excluding hydrogens is 210 g/mol. The first-order valence-electron chi connectivity index (χ1n) is 6.35. The first-order chi connectivity index (χ1) is 7.84. The van der Waals surface area contributed by atoms with Crippen molar-refractivity contribution in [3.63, 3.8) is 0 Å². The van der Waals surface area contributed by atoms with Crippen LogP contribution in [0.15, 0.2) is 24.3 Å². The summed E-state index contributed by atoms with van der Waals surface area (Å²) in [7, 11) is 0. The molecule has 0 saturated heterocycles. The minimum atomic E-state index is 0.0147. The van der Waals surface area contributed by atoms with Gasteiger partial charge in [0, 0.05) is 11.5 Å². The van der Waals surface area contributed by atoms with Gasteiger partial charge in [0.1, 0.15) is 11.9 Å². The van der Waals surface area contributed by atoms with Crippen molar-refractivity contribution in [2.45, 2.75) is 53.2 Å². The standard InChI is InChI=1S/C15H25NO/c1-6-12-7-9-13(10-8-12)17-14(11(2)16)15(3,4)5/h7-11,14H,6,16H2,1-5H3. The Bertz CT molecular complexity index is 335. The van der Waals surface area contributed by atoms with Crippen LogP contribution in [0, 0.1) is 5.41 Å².